The van der Waals surface area contributed by atoms with Gasteiger partial charge in [-0.2, -0.15) is 4.31 Å². The lowest BCUT2D eigenvalue weighted by Gasteiger charge is -2.15. The minimum Gasteiger partial charge on any atom is -0.370 e. The highest BCUT2D eigenvalue weighted by molar-refractivity contribution is 7.89. The van der Waals surface area contributed by atoms with E-state index in [2.05, 4.69) is 15.6 Å². The maximum atomic E-state index is 12.5. The summed E-state index contributed by atoms with van der Waals surface area (Å²) < 4.78 is 26.5. The van der Waals surface area contributed by atoms with Crippen molar-refractivity contribution in [3.63, 3.8) is 0 Å². The molecule has 2 N–H and O–H groups in total. The van der Waals surface area contributed by atoms with Crippen molar-refractivity contribution in [3.05, 3.63) is 48.2 Å². The molecule has 1 saturated heterocycles. The number of carbonyl (C=O) groups excluding carboxylic acids is 1. The third-order valence-corrected chi connectivity index (χ3v) is 6.32. The van der Waals surface area contributed by atoms with Crippen molar-refractivity contribution in [2.75, 3.05) is 30.3 Å². The molecule has 0 saturated carbocycles. The molecule has 0 spiro atoms. The average molecular weight is 388 g/mol. The summed E-state index contributed by atoms with van der Waals surface area (Å²) in [5, 5.41) is 5.93. The molecule has 8 heteroatoms. The van der Waals surface area contributed by atoms with Crippen LogP contribution in [0, 0.1) is 0 Å². The van der Waals surface area contributed by atoms with Crippen LogP contribution in [0.2, 0.25) is 0 Å². The quantitative estimate of drug-likeness (QED) is 0.760. The fraction of sp³-hybridized carbons (Fsp3) is 0.368. The predicted molar refractivity (Wildman–Crippen MR) is 105 cm³/mol. The van der Waals surface area contributed by atoms with Crippen molar-refractivity contribution >= 4 is 27.4 Å². The van der Waals surface area contributed by atoms with E-state index >= 15 is 0 Å². The second-order valence-corrected chi connectivity index (χ2v) is 8.48. The number of nitrogens with zero attached hydrogens (tertiary/aromatic N) is 2. The number of sulfonamides is 1. The molecule has 3 rings (SSSR count). The SMILES string of the molecule is CC(=O)Nc1ccc(CCNc2ccc(S(=O)(=O)N3CCCC3)cn2)cc1. The van der Waals surface area contributed by atoms with Crippen LogP contribution in [-0.4, -0.2) is 43.2 Å². The first-order valence-electron chi connectivity index (χ1n) is 9.02. The highest BCUT2D eigenvalue weighted by Crippen LogP contribution is 2.21. The van der Waals surface area contributed by atoms with E-state index < -0.39 is 10.0 Å². The number of carbonyl (C=O) groups is 1. The maximum Gasteiger partial charge on any atom is 0.244 e. The van der Waals surface area contributed by atoms with E-state index in [1.54, 1.807) is 12.1 Å². The second-order valence-electron chi connectivity index (χ2n) is 6.55. The Morgan fingerprint density at radius 2 is 1.81 bits per heavy atom. The topological polar surface area (TPSA) is 91.4 Å². The van der Waals surface area contributed by atoms with Crippen LogP contribution in [0.3, 0.4) is 0 Å². The zero-order valence-electron chi connectivity index (χ0n) is 15.3. The van der Waals surface area contributed by atoms with Crippen LogP contribution in [0.1, 0.15) is 25.3 Å². The zero-order valence-corrected chi connectivity index (χ0v) is 16.1. The van der Waals surface area contributed by atoms with Crippen LogP contribution < -0.4 is 10.6 Å². The third-order valence-electron chi connectivity index (χ3n) is 4.43. The van der Waals surface area contributed by atoms with Gasteiger partial charge in [0.25, 0.3) is 0 Å². The Bertz CT molecular complexity index is 874. The van der Waals surface area contributed by atoms with Crippen LogP contribution in [0.4, 0.5) is 11.5 Å². The summed E-state index contributed by atoms with van der Waals surface area (Å²) in [6.07, 6.45) is 4.03. The molecule has 1 aromatic heterocycles. The van der Waals surface area contributed by atoms with Crippen LogP contribution in [0.25, 0.3) is 0 Å². The van der Waals surface area contributed by atoms with Gasteiger partial charge < -0.3 is 10.6 Å². The highest BCUT2D eigenvalue weighted by Gasteiger charge is 2.27. The highest BCUT2D eigenvalue weighted by atomic mass is 32.2. The Balaban J connectivity index is 1.52. The number of amides is 1. The molecule has 1 amide bonds. The summed E-state index contributed by atoms with van der Waals surface area (Å²) in [7, 11) is -3.42. The van der Waals surface area contributed by atoms with E-state index in [-0.39, 0.29) is 10.8 Å². The largest absolute Gasteiger partial charge is 0.370 e. The second kappa shape index (κ2) is 8.49. The minimum atomic E-state index is -3.42. The fourth-order valence-electron chi connectivity index (χ4n) is 3.01. The van der Waals surface area contributed by atoms with Gasteiger partial charge in [-0.3, -0.25) is 4.79 Å². The van der Waals surface area contributed by atoms with Crippen LogP contribution >= 0.6 is 0 Å². The lowest BCUT2D eigenvalue weighted by molar-refractivity contribution is -0.114. The van der Waals surface area contributed by atoms with Gasteiger partial charge in [-0.1, -0.05) is 12.1 Å². The van der Waals surface area contributed by atoms with Crippen molar-refractivity contribution in [2.24, 2.45) is 0 Å². The summed E-state index contributed by atoms with van der Waals surface area (Å²) in [6, 6.07) is 11.0. The smallest absolute Gasteiger partial charge is 0.244 e. The standard InChI is InChI=1S/C19H24N4O3S/c1-15(24)22-17-6-4-16(5-7-17)10-11-20-19-9-8-18(14-21-19)27(25,26)23-12-2-3-13-23/h4-9,14H,2-3,10-13H2,1H3,(H,20,21)(H,22,24). The molecular formula is C19H24N4O3S. The lowest BCUT2D eigenvalue weighted by atomic mass is 10.1. The molecule has 1 fully saturated rings. The maximum absolute atomic E-state index is 12.5. The Hall–Kier alpha value is -2.45. The Labute approximate surface area is 159 Å². The Kier molecular flexibility index (Phi) is 6.08. The number of benzene rings is 1. The number of hydrogen-bond donors (Lipinski definition) is 2. The zero-order chi connectivity index (χ0) is 19.3. The third kappa shape index (κ3) is 5.05. The molecule has 0 unspecified atom stereocenters. The van der Waals surface area contributed by atoms with E-state index in [0.29, 0.717) is 25.5 Å². The van der Waals surface area contributed by atoms with Gasteiger partial charge in [-0.15, -0.1) is 0 Å². The Morgan fingerprint density at radius 1 is 1.11 bits per heavy atom. The molecule has 0 bridgehead atoms. The minimum absolute atomic E-state index is 0.0920. The summed E-state index contributed by atoms with van der Waals surface area (Å²) in [6.45, 7) is 3.32. The molecule has 144 valence electrons. The summed E-state index contributed by atoms with van der Waals surface area (Å²) in [5.41, 5.74) is 1.90. The summed E-state index contributed by atoms with van der Waals surface area (Å²) in [5.74, 6) is 0.552. The molecule has 27 heavy (non-hydrogen) atoms. The monoisotopic (exact) mass is 388 g/mol. The van der Waals surface area contributed by atoms with Gasteiger partial charge in [-0.05, 0) is 49.1 Å². The molecule has 1 aromatic carbocycles. The number of pyridine rings is 1. The molecule has 7 nitrogen and oxygen atoms in total. The van der Waals surface area contributed by atoms with Crippen LogP contribution in [-0.2, 0) is 21.2 Å². The van der Waals surface area contributed by atoms with Gasteiger partial charge >= 0.3 is 0 Å². The molecule has 0 radical (unpaired) electrons. The summed E-state index contributed by atoms with van der Waals surface area (Å²) >= 11 is 0. The van der Waals surface area contributed by atoms with Gasteiger partial charge in [0.15, 0.2) is 0 Å². The predicted octanol–water partition coefficient (Wildman–Crippen LogP) is 2.48. The molecule has 2 aromatic rings. The molecule has 0 atom stereocenters. The first-order valence-corrected chi connectivity index (χ1v) is 10.5. The van der Waals surface area contributed by atoms with Crippen molar-refractivity contribution < 1.29 is 13.2 Å². The van der Waals surface area contributed by atoms with Gasteiger partial charge in [-0.25, -0.2) is 13.4 Å². The van der Waals surface area contributed by atoms with Crippen molar-refractivity contribution in [1.29, 1.82) is 0 Å². The van der Waals surface area contributed by atoms with Crippen molar-refractivity contribution in [3.8, 4) is 0 Å². The average Bonchev–Trinajstić information content (AvgIpc) is 3.19. The molecule has 2 heterocycles. The number of nitrogens with one attached hydrogen (secondary N) is 2. The number of anilines is 2. The fourth-order valence-corrected chi connectivity index (χ4v) is 4.47. The van der Waals surface area contributed by atoms with E-state index in [1.807, 2.05) is 24.3 Å². The molecular weight excluding hydrogens is 364 g/mol. The van der Waals surface area contributed by atoms with Gasteiger partial charge in [0.2, 0.25) is 15.9 Å². The number of rotatable bonds is 7. The van der Waals surface area contributed by atoms with Crippen molar-refractivity contribution in [1.82, 2.24) is 9.29 Å². The van der Waals surface area contributed by atoms with Crippen LogP contribution in [0.5, 0.6) is 0 Å². The van der Waals surface area contributed by atoms with E-state index in [0.717, 1.165) is 30.5 Å². The lowest BCUT2D eigenvalue weighted by Crippen LogP contribution is -2.27. The van der Waals surface area contributed by atoms with Crippen LogP contribution in [0.15, 0.2) is 47.5 Å². The van der Waals surface area contributed by atoms with E-state index in [4.69, 9.17) is 0 Å². The summed E-state index contributed by atoms with van der Waals surface area (Å²) in [4.78, 5) is 15.5. The van der Waals surface area contributed by atoms with Gasteiger partial charge in [0.05, 0.1) is 0 Å². The molecule has 1 aliphatic rings. The Morgan fingerprint density at radius 3 is 2.41 bits per heavy atom. The first kappa shape index (κ1) is 19.3. The van der Waals surface area contributed by atoms with Gasteiger partial charge in [0.1, 0.15) is 10.7 Å². The molecule has 1 aliphatic heterocycles. The normalized spacial score (nSPS) is 14.9. The van der Waals surface area contributed by atoms with E-state index in [1.165, 1.54) is 17.4 Å². The van der Waals surface area contributed by atoms with Gasteiger partial charge in [0, 0.05) is 38.4 Å². The first-order chi connectivity index (χ1) is 12.9. The van der Waals surface area contributed by atoms with E-state index in [9.17, 15) is 13.2 Å². The molecule has 0 aliphatic carbocycles. The van der Waals surface area contributed by atoms with Crippen molar-refractivity contribution in [2.45, 2.75) is 31.1 Å². The number of aromatic nitrogens is 1. The number of hydrogen-bond acceptors (Lipinski definition) is 5.